The van der Waals surface area contributed by atoms with Crippen LogP contribution >= 0.6 is 0 Å². The lowest BCUT2D eigenvalue weighted by atomic mass is 9.95. The Labute approximate surface area is 147 Å². The van der Waals surface area contributed by atoms with Crippen LogP contribution in [0.1, 0.15) is 66.7 Å². The zero-order valence-electron chi connectivity index (χ0n) is 14.4. The van der Waals surface area contributed by atoms with Crippen molar-refractivity contribution >= 4 is 5.91 Å². The van der Waals surface area contributed by atoms with E-state index in [1.807, 2.05) is 12.1 Å². The molecule has 1 aromatic heterocycles. The maximum atomic E-state index is 11.3. The summed E-state index contributed by atoms with van der Waals surface area (Å²) in [4.78, 5) is 16.1. The highest BCUT2D eigenvalue weighted by Crippen LogP contribution is 2.33. The van der Waals surface area contributed by atoms with Crippen molar-refractivity contribution in [3.8, 4) is 11.4 Å². The number of amides is 1. The number of hydrogen-bond donors (Lipinski definition) is 1. The van der Waals surface area contributed by atoms with E-state index in [0.29, 0.717) is 17.5 Å². The lowest BCUT2D eigenvalue weighted by molar-refractivity contribution is 0.100. The molecule has 2 fully saturated rings. The van der Waals surface area contributed by atoms with Gasteiger partial charge in [0, 0.05) is 23.7 Å². The Balaban J connectivity index is 1.69. The third-order valence-corrected chi connectivity index (χ3v) is 5.30. The molecule has 1 unspecified atom stereocenters. The number of nitrogens with zero attached hydrogens (tertiary/aromatic N) is 3. The Morgan fingerprint density at radius 2 is 1.88 bits per heavy atom. The molecule has 2 aliphatic rings. The summed E-state index contributed by atoms with van der Waals surface area (Å²) < 4.78 is 7.74. The first-order chi connectivity index (χ1) is 12.2. The molecule has 6 nitrogen and oxygen atoms in total. The summed E-state index contributed by atoms with van der Waals surface area (Å²) in [5.74, 6) is 1.69. The topological polar surface area (TPSA) is 83.0 Å². The summed E-state index contributed by atoms with van der Waals surface area (Å²) in [5.41, 5.74) is 6.74. The normalized spacial score (nSPS) is 21.5. The van der Waals surface area contributed by atoms with Crippen molar-refractivity contribution in [1.29, 1.82) is 0 Å². The summed E-state index contributed by atoms with van der Waals surface area (Å²) in [5, 5.41) is 4.86. The lowest BCUT2D eigenvalue weighted by Crippen LogP contribution is -2.19. The van der Waals surface area contributed by atoms with E-state index in [9.17, 15) is 4.79 Å². The van der Waals surface area contributed by atoms with E-state index >= 15 is 0 Å². The van der Waals surface area contributed by atoms with Crippen LogP contribution in [-0.2, 0) is 4.74 Å². The van der Waals surface area contributed by atoms with Gasteiger partial charge in [-0.3, -0.25) is 4.79 Å². The van der Waals surface area contributed by atoms with E-state index in [0.717, 1.165) is 36.8 Å². The summed E-state index contributed by atoms with van der Waals surface area (Å²) in [6.07, 6.45) is 7.18. The highest BCUT2D eigenvalue weighted by molar-refractivity contribution is 5.93. The van der Waals surface area contributed by atoms with Gasteiger partial charge in [0.25, 0.3) is 0 Å². The molecule has 0 radical (unpaired) electrons. The fourth-order valence-corrected chi connectivity index (χ4v) is 3.85. The SMILES string of the molecule is NC(=O)c1ccc(-c2nc(C3CCOC3)n(C3CCCCC3)n2)cc1. The average Bonchev–Trinajstić information content (AvgIpc) is 3.32. The standard InChI is InChI=1S/C19H24N4O2/c20-17(24)13-6-8-14(9-7-13)18-21-19(15-10-11-25-12-15)23(22-18)16-4-2-1-3-5-16/h6-9,15-16H,1-5,10-12H2,(H2,20,24). The van der Waals surface area contributed by atoms with Crippen molar-refractivity contribution < 1.29 is 9.53 Å². The number of ether oxygens (including phenoxy) is 1. The number of hydrogen-bond acceptors (Lipinski definition) is 4. The van der Waals surface area contributed by atoms with Crippen molar-refractivity contribution in [2.75, 3.05) is 13.2 Å². The Kier molecular flexibility index (Phi) is 4.53. The van der Waals surface area contributed by atoms with Gasteiger partial charge in [-0.15, -0.1) is 0 Å². The molecular weight excluding hydrogens is 316 g/mol. The minimum absolute atomic E-state index is 0.327. The highest BCUT2D eigenvalue weighted by Gasteiger charge is 2.28. The quantitative estimate of drug-likeness (QED) is 0.927. The van der Waals surface area contributed by atoms with Crippen molar-refractivity contribution in [1.82, 2.24) is 14.8 Å². The second kappa shape index (κ2) is 6.96. The zero-order chi connectivity index (χ0) is 17.2. The minimum atomic E-state index is -0.420. The third-order valence-electron chi connectivity index (χ3n) is 5.30. The molecule has 1 saturated heterocycles. The van der Waals surface area contributed by atoms with Crippen LogP contribution in [-0.4, -0.2) is 33.9 Å². The predicted molar refractivity (Wildman–Crippen MR) is 94.3 cm³/mol. The smallest absolute Gasteiger partial charge is 0.248 e. The molecule has 1 aliphatic carbocycles. The van der Waals surface area contributed by atoms with E-state index in [-0.39, 0.29) is 0 Å². The molecule has 0 spiro atoms. The first-order valence-electron chi connectivity index (χ1n) is 9.17. The molecule has 1 aliphatic heterocycles. The third kappa shape index (κ3) is 3.31. The van der Waals surface area contributed by atoms with Crippen LogP contribution in [0.5, 0.6) is 0 Å². The number of aromatic nitrogens is 3. The predicted octanol–water partition coefficient (Wildman–Crippen LogP) is 3.05. The molecule has 0 bridgehead atoms. The molecule has 25 heavy (non-hydrogen) atoms. The molecule has 132 valence electrons. The summed E-state index contributed by atoms with van der Waals surface area (Å²) in [6.45, 7) is 1.52. The van der Waals surface area contributed by atoms with Gasteiger partial charge in [-0.25, -0.2) is 9.67 Å². The summed E-state index contributed by atoms with van der Waals surface area (Å²) in [6, 6.07) is 7.65. The van der Waals surface area contributed by atoms with Gasteiger partial charge in [-0.05, 0) is 31.4 Å². The van der Waals surface area contributed by atoms with Crippen molar-refractivity contribution in [3.63, 3.8) is 0 Å². The van der Waals surface area contributed by atoms with Crippen molar-refractivity contribution in [2.45, 2.75) is 50.5 Å². The van der Waals surface area contributed by atoms with Gasteiger partial charge in [-0.1, -0.05) is 31.4 Å². The van der Waals surface area contributed by atoms with Crippen LogP contribution in [0.25, 0.3) is 11.4 Å². The molecule has 2 heterocycles. The Hall–Kier alpha value is -2.21. The van der Waals surface area contributed by atoms with E-state index in [4.69, 9.17) is 20.6 Å². The van der Waals surface area contributed by atoms with Crippen LogP contribution in [0.3, 0.4) is 0 Å². The van der Waals surface area contributed by atoms with Crippen molar-refractivity contribution in [3.05, 3.63) is 35.7 Å². The molecule has 1 saturated carbocycles. The Morgan fingerprint density at radius 1 is 1.12 bits per heavy atom. The van der Waals surface area contributed by atoms with Crippen LogP contribution in [0.4, 0.5) is 0 Å². The molecule has 6 heteroatoms. The molecule has 1 amide bonds. The summed E-state index contributed by atoms with van der Waals surface area (Å²) >= 11 is 0. The zero-order valence-corrected chi connectivity index (χ0v) is 14.4. The van der Waals surface area contributed by atoms with Gasteiger partial charge in [0.1, 0.15) is 5.82 Å². The van der Waals surface area contributed by atoms with Gasteiger partial charge in [-0.2, -0.15) is 5.10 Å². The van der Waals surface area contributed by atoms with Gasteiger partial charge in [0.2, 0.25) is 5.91 Å². The van der Waals surface area contributed by atoms with Crippen molar-refractivity contribution in [2.24, 2.45) is 5.73 Å². The first-order valence-corrected chi connectivity index (χ1v) is 9.17. The maximum Gasteiger partial charge on any atom is 0.248 e. The molecule has 1 atom stereocenters. The van der Waals surface area contributed by atoms with E-state index in [2.05, 4.69) is 4.68 Å². The van der Waals surface area contributed by atoms with Gasteiger partial charge in [0.15, 0.2) is 5.82 Å². The number of carbonyl (C=O) groups excluding carboxylic acids is 1. The molecule has 4 rings (SSSR count). The Bertz CT molecular complexity index is 741. The number of benzene rings is 1. The average molecular weight is 340 g/mol. The van der Waals surface area contributed by atoms with Crippen LogP contribution in [0, 0.1) is 0 Å². The number of primary amides is 1. The molecule has 2 aromatic rings. The fourth-order valence-electron chi connectivity index (χ4n) is 3.85. The minimum Gasteiger partial charge on any atom is -0.381 e. The van der Waals surface area contributed by atoms with Crippen LogP contribution in [0.15, 0.2) is 24.3 Å². The monoisotopic (exact) mass is 340 g/mol. The molecular formula is C19H24N4O2. The Morgan fingerprint density at radius 3 is 2.52 bits per heavy atom. The van der Waals surface area contributed by atoms with E-state index in [1.54, 1.807) is 12.1 Å². The fraction of sp³-hybridized carbons (Fsp3) is 0.526. The largest absolute Gasteiger partial charge is 0.381 e. The second-order valence-corrected chi connectivity index (χ2v) is 7.03. The highest BCUT2D eigenvalue weighted by atomic mass is 16.5. The van der Waals surface area contributed by atoms with Gasteiger partial charge < -0.3 is 10.5 Å². The molecule has 1 aromatic carbocycles. The summed E-state index contributed by atoms with van der Waals surface area (Å²) in [7, 11) is 0. The number of rotatable bonds is 4. The number of nitrogens with two attached hydrogens (primary N) is 1. The van der Waals surface area contributed by atoms with Gasteiger partial charge >= 0.3 is 0 Å². The van der Waals surface area contributed by atoms with E-state index < -0.39 is 5.91 Å². The van der Waals surface area contributed by atoms with Crippen LogP contribution in [0.2, 0.25) is 0 Å². The van der Waals surface area contributed by atoms with Crippen LogP contribution < -0.4 is 5.73 Å². The van der Waals surface area contributed by atoms with Gasteiger partial charge in [0.05, 0.1) is 12.6 Å². The number of carbonyl (C=O) groups is 1. The van der Waals surface area contributed by atoms with E-state index in [1.165, 1.54) is 32.1 Å². The molecule has 2 N–H and O–H groups in total. The second-order valence-electron chi connectivity index (χ2n) is 7.03. The first kappa shape index (κ1) is 16.3. The lowest BCUT2D eigenvalue weighted by Gasteiger charge is -2.24. The maximum absolute atomic E-state index is 11.3.